The van der Waals surface area contributed by atoms with Gasteiger partial charge in [0.15, 0.2) is 5.78 Å². The first-order chi connectivity index (χ1) is 29.9. The summed E-state index contributed by atoms with van der Waals surface area (Å²) in [5.74, 6) is -0.00642. The van der Waals surface area contributed by atoms with Gasteiger partial charge in [0.2, 0.25) is 17.7 Å². The number of aromatic nitrogens is 1. The van der Waals surface area contributed by atoms with Gasteiger partial charge in [-0.15, -0.1) is 11.8 Å². The zero-order valence-electron chi connectivity index (χ0n) is 35.8. The van der Waals surface area contributed by atoms with Crippen LogP contribution in [0.15, 0.2) is 53.4 Å². The number of nitrogens with zero attached hydrogens (tertiary/aromatic N) is 5. The largest absolute Gasteiger partial charge is 0.371 e. The van der Waals surface area contributed by atoms with Crippen molar-refractivity contribution in [3.63, 3.8) is 0 Å². The van der Waals surface area contributed by atoms with Crippen LogP contribution < -0.4 is 15.5 Å². The molecular weight excluding hydrogens is 801 g/mol. The van der Waals surface area contributed by atoms with Gasteiger partial charge in [-0.05, 0) is 90.9 Å². The van der Waals surface area contributed by atoms with Crippen LogP contribution in [0.3, 0.4) is 0 Å². The second kappa shape index (κ2) is 17.0. The number of thioether (sulfide) groups is 1. The summed E-state index contributed by atoms with van der Waals surface area (Å²) in [7, 11) is 0. The SMILES string of the molecule is CCc1cc2c(cc1N1CCC(N3CCN(CC(=O)NCCCSc4cccc5c4CN(C4CCC(=O)NC4=O)C5=O)CC3)CC1)C(C)(C)c1[nH]c3cc(C#N)ccc3c1C2=O. The quantitative estimate of drug-likeness (QED) is 0.105. The van der Waals surface area contributed by atoms with Crippen LogP contribution in [-0.2, 0) is 32.8 Å². The van der Waals surface area contributed by atoms with Crippen LogP contribution >= 0.6 is 11.8 Å². The molecule has 3 aromatic carbocycles. The van der Waals surface area contributed by atoms with E-state index < -0.39 is 17.4 Å². The van der Waals surface area contributed by atoms with Gasteiger partial charge in [0.05, 0.1) is 23.7 Å². The fraction of sp³-hybridized carbons (Fsp3) is 0.458. The highest BCUT2D eigenvalue weighted by molar-refractivity contribution is 7.99. The Hall–Kier alpha value is -5.49. The van der Waals surface area contributed by atoms with Crippen molar-refractivity contribution in [1.29, 1.82) is 5.26 Å². The number of piperidine rings is 2. The van der Waals surface area contributed by atoms with E-state index in [0.29, 0.717) is 43.2 Å². The number of anilines is 1. The second-order valence-corrected chi connectivity index (χ2v) is 19.0. The summed E-state index contributed by atoms with van der Waals surface area (Å²) >= 11 is 1.66. The number of amides is 4. The molecule has 1 unspecified atom stereocenters. The Balaban J connectivity index is 0.727. The first-order valence-corrected chi connectivity index (χ1v) is 23.1. The van der Waals surface area contributed by atoms with Crippen molar-refractivity contribution < 1.29 is 24.0 Å². The summed E-state index contributed by atoms with van der Waals surface area (Å²) < 4.78 is 0. The minimum atomic E-state index is -0.633. The van der Waals surface area contributed by atoms with Crippen LogP contribution in [0, 0.1) is 11.3 Å². The summed E-state index contributed by atoms with van der Waals surface area (Å²) in [5, 5.41) is 15.8. The first kappa shape index (κ1) is 41.8. The van der Waals surface area contributed by atoms with Crippen LogP contribution in [0.4, 0.5) is 5.69 Å². The number of hydrogen-bond donors (Lipinski definition) is 3. The number of benzene rings is 3. The van der Waals surface area contributed by atoms with Crippen molar-refractivity contribution in [2.24, 2.45) is 0 Å². The summed E-state index contributed by atoms with van der Waals surface area (Å²) in [6, 6.07) is 17.7. The Labute approximate surface area is 366 Å². The summed E-state index contributed by atoms with van der Waals surface area (Å²) in [5.41, 5.74) is 8.40. The summed E-state index contributed by atoms with van der Waals surface area (Å²) in [6.45, 7) is 13.4. The van der Waals surface area contributed by atoms with Crippen LogP contribution in [0.5, 0.6) is 0 Å². The molecule has 5 aliphatic rings. The maximum absolute atomic E-state index is 14.1. The molecule has 5 heterocycles. The average Bonchev–Trinajstić information content (AvgIpc) is 3.84. The van der Waals surface area contributed by atoms with Gasteiger partial charge in [-0.2, -0.15) is 5.26 Å². The van der Waals surface area contributed by atoms with Gasteiger partial charge in [-0.25, -0.2) is 0 Å². The zero-order valence-corrected chi connectivity index (χ0v) is 36.6. The van der Waals surface area contributed by atoms with E-state index in [1.165, 1.54) is 11.3 Å². The highest BCUT2D eigenvalue weighted by Gasteiger charge is 2.42. The number of hydrogen-bond acceptors (Lipinski definition) is 10. The number of imide groups is 1. The van der Waals surface area contributed by atoms with Crippen LogP contribution in [-0.4, -0.2) is 119 Å². The number of rotatable bonds is 11. The van der Waals surface area contributed by atoms with Gasteiger partial charge in [-0.3, -0.25) is 39.1 Å². The number of nitrogens with one attached hydrogen (secondary N) is 3. The lowest BCUT2D eigenvalue weighted by Crippen LogP contribution is -2.54. The molecule has 3 saturated heterocycles. The molecular formula is C48H54N8O5S. The summed E-state index contributed by atoms with van der Waals surface area (Å²) in [6.07, 6.45) is 4.32. The van der Waals surface area contributed by atoms with Crippen LogP contribution in [0.25, 0.3) is 10.9 Å². The smallest absolute Gasteiger partial charge is 0.255 e. The predicted octanol–water partition coefficient (Wildman–Crippen LogP) is 5.12. The van der Waals surface area contributed by atoms with E-state index in [1.54, 1.807) is 28.8 Å². The van der Waals surface area contributed by atoms with Gasteiger partial charge < -0.3 is 20.1 Å². The molecule has 4 aliphatic heterocycles. The Kier molecular flexibility index (Phi) is 11.5. The third-order valence-electron chi connectivity index (χ3n) is 13.8. The van der Waals surface area contributed by atoms with Crippen molar-refractivity contribution in [2.45, 2.75) is 88.2 Å². The normalized spacial score (nSPS) is 20.5. The highest BCUT2D eigenvalue weighted by Crippen LogP contribution is 2.46. The van der Waals surface area contributed by atoms with E-state index in [4.69, 9.17) is 0 Å². The van der Waals surface area contributed by atoms with Crippen molar-refractivity contribution in [1.82, 2.24) is 30.3 Å². The molecule has 0 spiro atoms. The Morgan fingerprint density at radius 3 is 2.50 bits per heavy atom. The number of ketones is 1. The predicted molar refractivity (Wildman–Crippen MR) is 238 cm³/mol. The third-order valence-corrected chi connectivity index (χ3v) is 15.0. The monoisotopic (exact) mass is 854 g/mol. The molecule has 1 atom stereocenters. The molecule has 4 amide bonds. The molecule has 4 aromatic rings. The molecule has 0 radical (unpaired) electrons. The minimum absolute atomic E-state index is 0.0402. The maximum atomic E-state index is 14.1. The molecule has 3 fully saturated rings. The molecule has 322 valence electrons. The van der Waals surface area contributed by atoms with E-state index in [9.17, 15) is 29.2 Å². The number of piperazine rings is 1. The average molecular weight is 855 g/mol. The van der Waals surface area contributed by atoms with E-state index in [0.717, 1.165) is 114 Å². The molecule has 0 bridgehead atoms. The van der Waals surface area contributed by atoms with E-state index >= 15 is 0 Å². The number of nitriles is 1. The molecule has 1 aliphatic carbocycles. The topological polar surface area (TPSA) is 162 Å². The molecule has 9 rings (SSSR count). The second-order valence-electron chi connectivity index (χ2n) is 17.8. The molecule has 1 aromatic heterocycles. The van der Waals surface area contributed by atoms with E-state index in [1.807, 2.05) is 24.3 Å². The minimum Gasteiger partial charge on any atom is -0.371 e. The molecule has 0 saturated carbocycles. The van der Waals surface area contributed by atoms with Crippen molar-refractivity contribution in [3.05, 3.63) is 93.2 Å². The van der Waals surface area contributed by atoms with Crippen molar-refractivity contribution in [2.75, 3.05) is 63.0 Å². The fourth-order valence-corrected chi connectivity index (χ4v) is 11.4. The highest BCUT2D eigenvalue weighted by atomic mass is 32.2. The lowest BCUT2D eigenvalue weighted by molar-refractivity contribution is -0.137. The van der Waals surface area contributed by atoms with Crippen LogP contribution in [0.1, 0.15) is 107 Å². The van der Waals surface area contributed by atoms with Crippen molar-refractivity contribution >= 4 is 57.8 Å². The maximum Gasteiger partial charge on any atom is 0.255 e. The Morgan fingerprint density at radius 2 is 1.76 bits per heavy atom. The molecule has 3 N–H and O–H groups in total. The van der Waals surface area contributed by atoms with E-state index in [-0.39, 0.29) is 29.9 Å². The Bertz CT molecular complexity index is 2530. The standard InChI is InChI=1S/C48H54N8O5S/c1-4-30-24-34-36(48(2,3)45-43(44(34)59)33-10-9-29(26-49)23-37(33)51-45)25-39(30)55-16-13-31(14-17-55)54-20-18-53(19-21-54)28-42(58)50-15-6-22-62-40-8-5-7-32-35(40)27-56(47(32)61)38-11-12-41(57)52-46(38)60/h5,7-10,23-25,31,38,51H,4,6,11-22,27-28H2,1-3H3,(H,50,58)(H,52,57,60). The van der Waals surface area contributed by atoms with Gasteiger partial charge in [0.1, 0.15) is 6.04 Å². The van der Waals surface area contributed by atoms with Gasteiger partial charge in [0.25, 0.3) is 5.91 Å². The van der Waals surface area contributed by atoms with Crippen molar-refractivity contribution in [3.8, 4) is 6.07 Å². The number of H-pyrrole nitrogens is 1. The lowest BCUT2D eigenvalue weighted by atomic mass is 9.70. The Morgan fingerprint density at radius 1 is 0.968 bits per heavy atom. The van der Waals surface area contributed by atoms with Gasteiger partial charge >= 0.3 is 0 Å². The molecule has 13 nitrogen and oxygen atoms in total. The number of carbonyl (C=O) groups is 5. The number of carbonyl (C=O) groups excluding carboxylic acids is 5. The molecule has 14 heteroatoms. The number of fused-ring (bicyclic) bond motifs is 5. The van der Waals surface area contributed by atoms with Gasteiger partial charge in [-0.1, -0.05) is 32.9 Å². The van der Waals surface area contributed by atoms with E-state index in [2.05, 4.69) is 69.3 Å². The fourth-order valence-electron chi connectivity index (χ4n) is 10.3. The lowest BCUT2D eigenvalue weighted by Gasteiger charge is -2.44. The molecule has 62 heavy (non-hydrogen) atoms. The number of aryl methyl sites for hydroxylation is 1. The van der Waals surface area contributed by atoms with Crippen LogP contribution in [0.2, 0.25) is 0 Å². The first-order valence-electron chi connectivity index (χ1n) is 22.1. The third kappa shape index (κ3) is 7.69. The summed E-state index contributed by atoms with van der Waals surface area (Å²) in [4.78, 5) is 77.8. The van der Waals surface area contributed by atoms with Gasteiger partial charge in [0, 0.05) is 109 Å². The number of aromatic amines is 1. The zero-order chi connectivity index (χ0) is 43.3.